The molecular weight excluding hydrogens is 890 g/mol. The zero-order valence-electron chi connectivity index (χ0n) is 24.0. The van der Waals surface area contributed by atoms with Crippen LogP contribution in [-0.4, -0.2) is 22.3 Å². The van der Waals surface area contributed by atoms with E-state index in [1.54, 1.807) is 22.3 Å². The van der Waals surface area contributed by atoms with E-state index in [2.05, 4.69) is 197 Å². The second-order valence-electron chi connectivity index (χ2n) is 8.95. The molecule has 44 heavy (non-hydrogen) atoms. The summed E-state index contributed by atoms with van der Waals surface area (Å²) in [6, 6.07) is 65.0. The Balaban J connectivity index is 0.000000263. The summed E-state index contributed by atoms with van der Waals surface area (Å²) in [5.74, 6) is 0. The van der Waals surface area contributed by atoms with Crippen molar-refractivity contribution in [2.45, 2.75) is 0 Å². The Bertz CT molecular complexity index is 1250. The van der Waals surface area contributed by atoms with E-state index in [-0.39, 0.29) is 0 Å². The van der Waals surface area contributed by atoms with Gasteiger partial charge >= 0.3 is 64.7 Å². The van der Waals surface area contributed by atoms with Gasteiger partial charge in [0.15, 0.2) is 0 Å². The molecule has 0 N–H and O–H groups in total. The van der Waals surface area contributed by atoms with Crippen molar-refractivity contribution in [1.29, 1.82) is 5.46 Å². The summed E-state index contributed by atoms with van der Waals surface area (Å²) in [6.07, 6.45) is 0. The van der Waals surface area contributed by atoms with Gasteiger partial charge in [-0.15, -0.1) is 0 Å². The summed E-state index contributed by atoms with van der Waals surface area (Å²) in [5.41, 5.74) is 5.75. The van der Waals surface area contributed by atoms with Crippen LogP contribution in [0.2, 0.25) is 0 Å². The Morgan fingerprint density at radius 2 is 0.477 bits per heavy atom. The van der Waals surface area contributed by atoms with Gasteiger partial charge < -0.3 is 0 Å². The van der Waals surface area contributed by atoms with E-state index in [1.807, 2.05) is 0 Å². The normalized spacial score (nSPS) is 9.45. The van der Waals surface area contributed by atoms with Gasteiger partial charge in [0, 0.05) is 0 Å². The fourth-order valence-electron chi connectivity index (χ4n) is 4.63. The Kier molecular flexibility index (Phi) is 20.5. The molecule has 0 amide bonds. The smallest absolute Gasteiger partial charge is 0.0620 e. The van der Waals surface area contributed by atoms with E-state index in [4.69, 9.17) is 10.2 Å². The van der Waals surface area contributed by atoms with Crippen molar-refractivity contribution in [3.05, 3.63) is 187 Å². The molecule has 0 heterocycles. The van der Waals surface area contributed by atoms with Crippen LogP contribution in [-0.2, 0) is 22.4 Å². The largest absolute Gasteiger partial charge is 0.102 e. The molecule has 0 aliphatic heterocycles. The fraction of sp³-hybridized carbons (Fsp3) is 0. The first-order valence-corrected chi connectivity index (χ1v) is 21.4. The topological polar surface area (TPSA) is 43.7 Å². The van der Waals surface area contributed by atoms with Crippen LogP contribution in [0.5, 0.6) is 0 Å². The van der Waals surface area contributed by atoms with Crippen LogP contribution in [0.15, 0.2) is 182 Å². The maximum Gasteiger partial charge on any atom is 0.102 e. The minimum Gasteiger partial charge on any atom is -0.0620 e. The second kappa shape index (κ2) is 23.9. The molecule has 0 unspecified atom stereocenters. The van der Waals surface area contributed by atoms with E-state index >= 15 is 0 Å². The van der Waals surface area contributed by atoms with Gasteiger partial charge in [-0.3, -0.25) is 0 Å². The summed E-state index contributed by atoms with van der Waals surface area (Å²) in [6.45, 7) is 0. The van der Waals surface area contributed by atoms with E-state index in [1.165, 1.54) is 49.4 Å². The molecular formula is C37H34ClNOOsP2Te+2. The summed E-state index contributed by atoms with van der Waals surface area (Å²) in [4.78, 5) is 3.26. The van der Waals surface area contributed by atoms with Crippen molar-refractivity contribution in [1.82, 2.24) is 0 Å². The predicted octanol–water partition coefficient (Wildman–Crippen LogP) is 6.88. The van der Waals surface area contributed by atoms with Crippen LogP contribution in [0, 0.1) is 10.4 Å². The SMILES string of the molecule is N#[O+].[CH2-][Te].[Cl][Os].c1ccc([PH+](c2ccccc2)c2ccccc2)cc1.c1ccc([PH+](c2ccccc2)c2ccccc2)cc1. The van der Waals surface area contributed by atoms with Crippen LogP contribution in [0.1, 0.15) is 0 Å². The van der Waals surface area contributed by atoms with Crippen molar-refractivity contribution in [2.24, 2.45) is 0 Å². The number of benzene rings is 6. The van der Waals surface area contributed by atoms with Crippen molar-refractivity contribution in [2.75, 3.05) is 0 Å². The number of rotatable bonds is 6. The molecule has 7 heteroatoms. The monoisotopic (exact) mass is 927 g/mol. The van der Waals surface area contributed by atoms with Crippen LogP contribution in [0.25, 0.3) is 0 Å². The average molecular weight is 924 g/mol. The standard InChI is InChI=1S/2C18H15P.CH2Te.ClH.NO.Os/c2*1-4-10-16(11-5-1)19(17-12-6-2-7-13-17)18-14-8-3-9-15-18;1-2;;1-2;/h2*1-15H;1H2;1H;;/q;;-1;;2*+1/p+1. The first-order chi connectivity index (χ1) is 21.9. The number of nitrogens with zero attached hydrogens (tertiary/aromatic N) is 1. The van der Waals surface area contributed by atoms with Gasteiger partial charge in [-0.1, -0.05) is 109 Å². The van der Waals surface area contributed by atoms with E-state index in [9.17, 15) is 0 Å². The predicted molar refractivity (Wildman–Crippen MR) is 192 cm³/mol. The molecule has 0 aliphatic rings. The zero-order valence-corrected chi connectivity index (χ0v) is 31.6. The van der Waals surface area contributed by atoms with Crippen molar-refractivity contribution in [3.8, 4) is 0 Å². The number of hydrogen-bond acceptors (Lipinski definition) is 1. The van der Waals surface area contributed by atoms with E-state index in [0.717, 1.165) is 0 Å². The Labute approximate surface area is 292 Å². The first kappa shape index (κ1) is 37.8. The van der Waals surface area contributed by atoms with E-state index in [0.29, 0.717) is 0 Å². The van der Waals surface area contributed by atoms with Crippen molar-refractivity contribution < 1.29 is 22.4 Å². The Morgan fingerprint density at radius 1 is 0.364 bits per heavy atom. The molecule has 0 spiro atoms. The molecule has 2 nitrogen and oxygen atoms in total. The third kappa shape index (κ3) is 12.2. The van der Waals surface area contributed by atoms with Crippen LogP contribution in [0.4, 0.5) is 0 Å². The van der Waals surface area contributed by atoms with Gasteiger partial charge in [0.25, 0.3) is 0 Å². The van der Waals surface area contributed by atoms with Crippen LogP contribution in [0.3, 0.4) is 0 Å². The molecule has 222 valence electrons. The molecule has 6 aromatic carbocycles. The molecule has 6 aromatic rings. The molecule has 0 aromatic heterocycles. The van der Waals surface area contributed by atoms with Gasteiger partial charge in [0.05, 0.1) is 15.8 Å². The first-order valence-electron chi connectivity index (χ1n) is 13.6. The molecule has 0 saturated heterocycles. The zero-order chi connectivity index (χ0) is 31.8. The minimum atomic E-state index is -0.877. The summed E-state index contributed by atoms with van der Waals surface area (Å²) in [5, 5.41) is 8.61. The molecule has 0 saturated carbocycles. The molecule has 1 radical (unpaired) electrons. The third-order valence-electron chi connectivity index (χ3n) is 6.37. The van der Waals surface area contributed by atoms with Gasteiger partial charge in [-0.25, -0.2) is 0 Å². The van der Waals surface area contributed by atoms with Crippen LogP contribution >= 0.6 is 25.5 Å². The second-order valence-corrected chi connectivity index (χ2v) is 13.9. The summed E-state index contributed by atoms with van der Waals surface area (Å²) >= 11 is 3.03. The molecule has 0 atom stereocenters. The van der Waals surface area contributed by atoms with Crippen molar-refractivity contribution in [3.63, 3.8) is 0 Å². The van der Waals surface area contributed by atoms with E-state index < -0.39 is 15.8 Å². The molecule has 0 bridgehead atoms. The number of hydrogen-bond donors (Lipinski definition) is 0. The van der Waals surface area contributed by atoms with Gasteiger partial charge in [-0.05, 0) is 72.8 Å². The summed E-state index contributed by atoms with van der Waals surface area (Å²) < 4.78 is 7.25. The Hall–Kier alpha value is -2.43. The summed E-state index contributed by atoms with van der Waals surface area (Å²) in [7, 11) is 2.91. The quantitative estimate of drug-likeness (QED) is 0.0779. The van der Waals surface area contributed by atoms with Gasteiger partial charge in [0.2, 0.25) is 0 Å². The fourth-order valence-corrected chi connectivity index (χ4v) is 9.78. The molecule has 0 fully saturated rings. The maximum absolute atomic E-state index is 7.25. The minimum absolute atomic E-state index is 0.877. The van der Waals surface area contributed by atoms with Gasteiger partial charge in [0.1, 0.15) is 31.8 Å². The molecule has 0 aliphatic carbocycles. The molecule has 6 rings (SSSR count). The third-order valence-corrected chi connectivity index (χ3v) is 11.8. The Morgan fingerprint density at radius 3 is 0.591 bits per heavy atom. The van der Waals surface area contributed by atoms with Crippen LogP contribution < -0.4 is 31.8 Å². The van der Waals surface area contributed by atoms with Crippen molar-refractivity contribution >= 4 is 79.6 Å². The maximum atomic E-state index is 7.25. The average Bonchev–Trinajstić information content (AvgIpc) is 3.14. The number of halogens is 1. The van der Waals surface area contributed by atoms with Gasteiger partial charge in [-0.2, -0.15) is 0 Å².